The number of anilines is 1. The lowest BCUT2D eigenvalue weighted by Gasteiger charge is -2.17. The minimum atomic E-state index is 0.0509. The van der Waals surface area contributed by atoms with E-state index in [-0.39, 0.29) is 6.10 Å². The summed E-state index contributed by atoms with van der Waals surface area (Å²) in [5.74, 6) is 2.94. The van der Waals surface area contributed by atoms with Crippen molar-refractivity contribution in [1.29, 1.82) is 0 Å². The first-order chi connectivity index (χ1) is 9.06. The normalized spacial score (nSPS) is 16.7. The highest BCUT2D eigenvalue weighted by Gasteiger charge is 2.35. The van der Waals surface area contributed by atoms with E-state index in [1.165, 1.54) is 12.8 Å². The molecule has 0 bridgehead atoms. The maximum absolute atomic E-state index is 5.60. The zero-order valence-corrected chi connectivity index (χ0v) is 14.2. The third-order valence-corrected chi connectivity index (χ3v) is 4.47. The van der Waals surface area contributed by atoms with E-state index in [1.54, 1.807) is 7.11 Å². The van der Waals surface area contributed by atoms with Crippen LogP contribution in [0.15, 0.2) is 0 Å². The van der Waals surface area contributed by atoms with E-state index in [0.29, 0.717) is 11.8 Å². The van der Waals surface area contributed by atoms with Crippen molar-refractivity contribution < 1.29 is 4.74 Å². The summed E-state index contributed by atoms with van der Waals surface area (Å²) in [7, 11) is 3.66. The van der Waals surface area contributed by atoms with Gasteiger partial charge in [0, 0.05) is 14.2 Å². The highest BCUT2D eigenvalue weighted by atomic mass is 127. The molecule has 0 aromatic carbocycles. The molecule has 1 saturated carbocycles. The lowest BCUT2D eigenvalue weighted by atomic mass is 10.1. The Hall–Kier alpha value is -0.430. The van der Waals surface area contributed by atoms with Crippen LogP contribution >= 0.6 is 22.6 Å². The fraction of sp³-hybridized carbons (Fsp3) is 0.714. The second kappa shape index (κ2) is 6.35. The van der Waals surface area contributed by atoms with Crippen LogP contribution in [0.1, 0.15) is 44.3 Å². The van der Waals surface area contributed by atoms with Crippen molar-refractivity contribution in [2.45, 2.75) is 39.2 Å². The van der Waals surface area contributed by atoms with Crippen molar-refractivity contribution in [2.24, 2.45) is 11.8 Å². The summed E-state index contributed by atoms with van der Waals surface area (Å²) >= 11 is 2.33. The van der Waals surface area contributed by atoms with Gasteiger partial charge in [0.05, 0.1) is 9.26 Å². The first-order valence-electron chi connectivity index (χ1n) is 6.83. The molecule has 1 heterocycles. The number of aromatic nitrogens is 2. The molecule has 1 aromatic rings. The molecule has 1 aliphatic carbocycles. The zero-order chi connectivity index (χ0) is 14.0. The number of hydrogen-bond donors (Lipinski definition) is 1. The minimum absolute atomic E-state index is 0.0509. The molecule has 4 nitrogen and oxygen atoms in total. The molecule has 2 rings (SSSR count). The first kappa shape index (κ1) is 15.0. The van der Waals surface area contributed by atoms with Crippen molar-refractivity contribution in [1.82, 2.24) is 9.97 Å². The van der Waals surface area contributed by atoms with Gasteiger partial charge in [0.25, 0.3) is 0 Å². The van der Waals surface area contributed by atoms with Gasteiger partial charge in [0.15, 0.2) is 5.82 Å². The second-order valence-corrected chi connectivity index (χ2v) is 6.61. The van der Waals surface area contributed by atoms with E-state index in [1.807, 2.05) is 7.05 Å². The summed E-state index contributed by atoms with van der Waals surface area (Å²) < 4.78 is 6.73. The summed E-state index contributed by atoms with van der Waals surface area (Å²) in [4.78, 5) is 9.41. The van der Waals surface area contributed by atoms with Crippen LogP contribution in [0.25, 0.3) is 0 Å². The number of halogens is 1. The van der Waals surface area contributed by atoms with Crippen LogP contribution in [-0.2, 0) is 11.2 Å². The molecule has 0 saturated heterocycles. The molecule has 5 heteroatoms. The summed E-state index contributed by atoms with van der Waals surface area (Å²) in [6.07, 6.45) is 3.48. The zero-order valence-electron chi connectivity index (χ0n) is 12.0. The molecule has 0 aliphatic heterocycles. The molecule has 1 unspecified atom stereocenters. The van der Waals surface area contributed by atoms with Crippen molar-refractivity contribution in [2.75, 3.05) is 19.5 Å². The molecule has 19 heavy (non-hydrogen) atoms. The van der Waals surface area contributed by atoms with Gasteiger partial charge < -0.3 is 10.1 Å². The van der Waals surface area contributed by atoms with Crippen LogP contribution < -0.4 is 5.32 Å². The largest absolute Gasteiger partial charge is 0.373 e. The summed E-state index contributed by atoms with van der Waals surface area (Å²) in [6, 6.07) is 0. The average molecular weight is 375 g/mol. The Morgan fingerprint density at radius 3 is 2.53 bits per heavy atom. The van der Waals surface area contributed by atoms with E-state index in [4.69, 9.17) is 9.72 Å². The van der Waals surface area contributed by atoms with Gasteiger partial charge in [-0.05, 0) is 53.7 Å². The number of methoxy groups -OCH3 is 1. The predicted molar refractivity (Wildman–Crippen MR) is 85.3 cm³/mol. The third kappa shape index (κ3) is 3.56. The maximum Gasteiger partial charge on any atom is 0.160 e. The van der Waals surface area contributed by atoms with Gasteiger partial charge in [-0.15, -0.1) is 0 Å². The maximum atomic E-state index is 5.60. The molecule has 0 spiro atoms. The van der Waals surface area contributed by atoms with Crippen LogP contribution in [0.4, 0.5) is 5.82 Å². The van der Waals surface area contributed by atoms with Crippen LogP contribution in [-0.4, -0.2) is 24.1 Å². The van der Waals surface area contributed by atoms with E-state index in [9.17, 15) is 0 Å². The minimum Gasteiger partial charge on any atom is -0.373 e. The number of nitrogens with one attached hydrogen (secondary N) is 1. The van der Waals surface area contributed by atoms with Crippen molar-refractivity contribution >= 4 is 28.4 Å². The van der Waals surface area contributed by atoms with Crippen LogP contribution in [0, 0.1) is 15.4 Å². The van der Waals surface area contributed by atoms with Crippen molar-refractivity contribution in [3.05, 3.63) is 15.1 Å². The molecule has 0 radical (unpaired) electrons. The molecule has 1 fully saturated rings. The van der Waals surface area contributed by atoms with Gasteiger partial charge in [-0.2, -0.15) is 0 Å². The Balaban J connectivity index is 2.37. The molecule has 1 aromatic heterocycles. The lowest BCUT2D eigenvalue weighted by Crippen LogP contribution is -2.15. The Morgan fingerprint density at radius 1 is 1.37 bits per heavy atom. The van der Waals surface area contributed by atoms with Gasteiger partial charge in [-0.1, -0.05) is 13.8 Å². The molecule has 0 amide bonds. The molecule has 106 valence electrons. The van der Waals surface area contributed by atoms with Crippen LogP contribution in [0.2, 0.25) is 0 Å². The Kier molecular flexibility index (Phi) is 5.00. The number of rotatable bonds is 6. The SMILES string of the molecule is CNc1nc(C(OC)C2CC2)nc(CC(C)C)c1I. The quantitative estimate of drug-likeness (QED) is 0.775. The predicted octanol–water partition coefficient (Wildman–Crippen LogP) is 3.42. The highest BCUT2D eigenvalue weighted by molar-refractivity contribution is 14.1. The smallest absolute Gasteiger partial charge is 0.160 e. The first-order valence-corrected chi connectivity index (χ1v) is 7.91. The average Bonchev–Trinajstić information content (AvgIpc) is 3.17. The van der Waals surface area contributed by atoms with E-state index in [0.717, 1.165) is 27.3 Å². The van der Waals surface area contributed by atoms with Crippen molar-refractivity contribution in [3.8, 4) is 0 Å². The molecule has 1 N–H and O–H groups in total. The second-order valence-electron chi connectivity index (χ2n) is 5.53. The number of hydrogen-bond acceptors (Lipinski definition) is 4. The van der Waals surface area contributed by atoms with Crippen molar-refractivity contribution in [3.63, 3.8) is 0 Å². The topological polar surface area (TPSA) is 47.0 Å². The van der Waals surface area contributed by atoms with Crippen LogP contribution in [0.5, 0.6) is 0 Å². The van der Waals surface area contributed by atoms with Crippen LogP contribution in [0.3, 0.4) is 0 Å². The standard InChI is InChI=1S/C14H22IN3O/c1-8(2)7-10-11(15)13(16-3)18-14(17-10)12(19-4)9-5-6-9/h8-9,12H,5-7H2,1-4H3,(H,16,17,18). The third-order valence-electron chi connectivity index (χ3n) is 3.33. The van der Waals surface area contributed by atoms with Gasteiger partial charge >= 0.3 is 0 Å². The summed E-state index contributed by atoms with van der Waals surface area (Å²) in [5, 5.41) is 3.17. The highest BCUT2D eigenvalue weighted by Crippen LogP contribution is 2.42. The van der Waals surface area contributed by atoms with E-state index < -0.39 is 0 Å². The molecule has 1 aliphatic rings. The number of ether oxygens (including phenoxy) is 1. The van der Waals surface area contributed by atoms with Gasteiger partial charge in [-0.3, -0.25) is 0 Å². The van der Waals surface area contributed by atoms with E-state index >= 15 is 0 Å². The summed E-state index contributed by atoms with van der Waals surface area (Å²) in [6.45, 7) is 4.43. The fourth-order valence-electron chi connectivity index (χ4n) is 2.24. The Morgan fingerprint density at radius 2 is 2.05 bits per heavy atom. The fourth-order valence-corrected chi connectivity index (χ4v) is 2.97. The monoisotopic (exact) mass is 375 g/mol. The summed E-state index contributed by atoms with van der Waals surface area (Å²) in [5.41, 5.74) is 1.13. The van der Waals surface area contributed by atoms with Gasteiger partial charge in [0.1, 0.15) is 11.9 Å². The lowest BCUT2D eigenvalue weighted by molar-refractivity contribution is 0.0770. The van der Waals surface area contributed by atoms with Gasteiger partial charge in [-0.25, -0.2) is 9.97 Å². The molecular formula is C14H22IN3O. The number of nitrogens with zero attached hydrogens (tertiary/aromatic N) is 2. The van der Waals surface area contributed by atoms with Gasteiger partial charge in [0.2, 0.25) is 0 Å². The Labute approximate surface area is 128 Å². The molecular weight excluding hydrogens is 353 g/mol. The van der Waals surface area contributed by atoms with E-state index in [2.05, 4.69) is 46.7 Å². The molecule has 1 atom stereocenters. The Bertz CT molecular complexity index is 447.